The number of amides is 2. The van der Waals surface area contributed by atoms with Crippen LogP contribution in [0.5, 0.6) is 0 Å². The second kappa shape index (κ2) is 9.24. The number of nitro benzene ring substituents is 1. The standard InChI is InChI=1S/C22H18N4O4/c1-15-8-10-17(11-9-15)21(27)24-19-6-3-5-18(13-19)22(28)25-23-14-16-4-2-7-20(12-16)26(29)30/h2-14H,1H3,(H,24,27)(H,25,28)/b23-14+. The first-order chi connectivity index (χ1) is 14.4. The van der Waals surface area contributed by atoms with Crippen LogP contribution >= 0.6 is 0 Å². The molecule has 0 bridgehead atoms. The smallest absolute Gasteiger partial charge is 0.271 e. The molecule has 2 amide bonds. The summed E-state index contributed by atoms with van der Waals surface area (Å²) in [6, 6.07) is 19.4. The lowest BCUT2D eigenvalue weighted by molar-refractivity contribution is -0.384. The van der Waals surface area contributed by atoms with Gasteiger partial charge in [0.25, 0.3) is 17.5 Å². The Morgan fingerprint density at radius 2 is 1.67 bits per heavy atom. The molecule has 8 heteroatoms. The van der Waals surface area contributed by atoms with Gasteiger partial charge >= 0.3 is 0 Å². The maximum absolute atomic E-state index is 12.3. The predicted octanol–water partition coefficient (Wildman–Crippen LogP) is 3.92. The Morgan fingerprint density at radius 3 is 2.40 bits per heavy atom. The topological polar surface area (TPSA) is 114 Å². The van der Waals surface area contributed by atoms with Crippen LogP contribution in [-0.2, 0) is 0 Å². The second-order valence-electron chi connectivity index (χ2n) is 6.45. The highest BCUT2D eigenvalue weighted by Crippen LogP contribution is 2.14. The van der Waals surface area contributed by atoms with E-state index in [4.69, 9.17) is 0 Å². The second-order valence-corrected chi connectivity index (χ2v) is 6.45. The summed E-state index contributed by atoms with van der Waals surface area (Å²) < 4.78 is 0. The molecule has 2 N–H and O–H groups in total. The van der Waals surface area contributed by atoms with E-state index in [1.165, 1.54) is 30.5 Å². The van der Waals surface area contributed by atoms with Gasteiger partial charge in [-0.2, -0.15) is 5.10 Å². The van der Waals surface area contributed by atoms with Crippen LogP contribution in [0.2, 0.25) is 0 Å². The zero-order valence-corrected chi connectivity index (χ0v) is 16.0. The number of benzene rings is 3. The van der Waals surface area contributed by atoms with Gasteiger partial charge in [0.1, 0.15) is 0 Å². The maximum Gasteiger partial charge on any atom is 0.271 e. The van der Waals surface area contributed by atoms with Gasteiger partial charge < -0.3 is 5.32 Å². The Hall–Kier alpha value is -4.33. The highest BCUT2D eigenvalue weighted by Gasteiger charge is 2.09. The summed E-state index contributed by atoms with van der Waals surface area (Å²) in [6.07, 6.45) is 1.31. The van der Waals surface area contributed by atoms with Crippen LogP contribution in [0.15, 0.2) is 77.9 Å². The average Bonchev–Trinajstić information content (AvgIpc) is 2.74. The Labute approximate surface area is 172 Å². The molecule has 0 heterocycles. The lowest BCUT2D eigenvalue weighted by Crippen LogP contribution is -2.18. The van der Waals surface area contributed by atoms with Gasteiger partial charge in [-0.3, -0.25) is 19.7 Å². The van der Waals surface area contributed by atoms with E-state index < -0.39 is 10.8 Å². The van der Waals surface area contributed by atoms with Gasteiger partial charge in [-0.15, -0.1) is 0 Å². The quantitative estimate of drug-likeness (QED) is 0.369. The molecule has 0 aromatic heterocycles. The zero-order valence-electron chi connectivity index (χ0n) is 16.0. The van der Waals surface area contributed by atoms with Crippen molar-refractivity contribution in [3.63, 3.8) is 0 Å². The van der Waals surface area contributed by atoms with Crippen LogP contribution in [0.1, 0.15) is 31.8 Å². The Morgan fingerprint density at radius 1 is 0.933 bits per heavy atom. The SMILES string of the molecule is Cc1ccc(C(=O)Nc2cccc(C(=O)N/N=C/c3cccc([N+](=O)[O-])c3)c2)cc1. The lowest BCUT2D eigenvalue weighted by Gasteiger charge is -2.07. The summed E-state index contributed by atoms with van der Waals surface area (Å²) in [7, 11) is 0. The van der Waals surface area contributed by atoms with Crippen LogP contribution in [0.3, 0.4) is 0 Å². The first-order valence-corrected chi connectivity index (χ1v) is 8.98. The summed E-state index contributed by atoms with van der Waals surface area (Å²) in [5, 5.41) is 17.4. The van der Waals surface area contributed by atoms with Crippen LogP contribution in [0, 0.1) is 17.0 Å². The fourth-order valence-corrected chi connectivity index (χ4v) is 2.60. The fourth-order valence-electron chi connectivity index (χ4n) is 2.60. The molecule has 0 radical (unpaired) electrons. The Bertz CT molecular complexity index is 1120. The number of aryl methyl sites for hydroxylation is 1. The molecule has 3 aromatic rings. The number of nitrogens with zero attached hydrogens (tertiary/aromatic N) is 2. The van der Waals surface area contributed by atoms with Crippen LogP contribution in [0.25, 0.3) is 0 Å². The lowest BCUT2D eigenvalue weighted by atomic mass is 10.1. The molecule has 0 aliphatic heterocycles. The molecule has 8 nitrogen and oxygen atoms in total. The predicted molar refractivity (Wildman–Crippen MR) is 114 cm³/mol. The van der Waals surface area contributed by atoms with E-state index >= 15 is 0 Å². The molecule has 30 heavy (non-hydrogen) atoms. The number of nitro groups is 1. The van der Waals surface area contributed by atoms with Crippen molar-refractivity contribution in [2.45, 2.75) is 6.92 Å². The molecule has 0 fully saturated rings. The normalized spacial score (nSPS) is 10.6. The molecule has 0 saturated heterocycles. The summed E-state index contributed by atoms with van der Waals surface area (Å²) in [4.78, 5) is 34.9. The molecule has 0 spiro atoms. The molecule has 3 aromatic carbocycles. The monoisotopic (exact) mass is 402 g/mol. The van der Waals surface area contributed by atoms with E-state index in [0.29, 0.717) is 22.4 Å². The number of non-ortho nitro benzene ring substituents is 1. The van der Waals surface area contributed by atoms with Gasteiger partial charge in [0.05, 0.1) is 11.1 Å². The molecular formula is C22H18N4O4. The number of anilines is 1. The highest BCUT2D eigenvalue weighted by molar-refractivity contribution is 6.05. The number of carbonyl (C=O) groups is 2. The molecule has 0 atom stereocenters. The molecular weight excluding hydrogens is 384 g/mol. The average molecular weight is 402 g/mol. The summed E-state index contributed by atoms with van der Waals surface area (Å²) in [5.74, 6) is -0.764. The number of rotatable bonds is 6. The summed E-state index contributed by atoms with van der Waals surface area (Å²) in [6.45, 7) is 1.94. The summed E-state index contributed by atoms with van der Waals surface area (Å²) >= 11 is 0. The van der Waals surface area contributed by atoms with Crippen molar-refractivity contribution in [1.29, 1.82) is 0 Å². The van der Waals surface area contributed by atoms with Crippen LogP contribution < -0.4 is 10.7 Å². The minimum absolute atomic E-state index is 0.0673. The van der Waals surface area contributed by atoms with Crippen molar-refractivity contribution in [2.75, 3.05) is 5.32 Å². The van der Waals surface area contributed by atoms with Crippen LogP contribution in [0.4, 0.5) is 11.4 Å². The fraction of sp³-hybridized carbons (Fsp3) is 0.0455. The van der Waals surface area contributed by atoms with E-state index in [0.717, 1.165) is 5.56 Å². The van der Waals surface area contributed by atoms with Crippen molar-refractivity contribution in [3.05, 3.63) is 105 Å². The van der Waals surface area contributed by atoms with Crippen LogP contribution in [-0.4, -0.2) is 23.0 Å². The third-order valence-electron chi connectivity index (χ3n) is 4.16. The molecule has 0 aliphatic rings. The third-order valence-corrected chi connectivity index (χ3v) is 4.16. The van der Waals surface area contributed by atoms with Crippen molar-refractivity contribution in [2.24, 2.45) is 5.10 Å². The largest absolute Gasteiger partial charge is 0.322 e. The molecule has 3 rings (SSSR count). The van der Waals surface area contributed by atoms with Gasteiger partial charge in [0.2, 0.25) is 0 Å². The van der Waals surface area contributed by atoms with E-state index in [1.54, 1.807) is 36.4 Å². The van der Waals surface area contributed by atoms with E-state index in [-0.39, 0.29) is 11.6 Å². The number of hydrazone groups is 1. The molecule has 0 saturated carbocycles. The first-order valence-electron chi connectivity index (χ1n) is 8.98. The molecule has 150 valence electrons. The van der Waals surface area contributed by atoms with Gasteiger partial charge in [-0.1, -0.05) is 35.9 Å². The number of carbonyl (C=O) groups excluding carboxylic acids is 2. The molecule has 0 aliphatic carbocycles. The summed E-state index contributed by atoms with van der Waals surface area (Å²) in [5.41, 5.74) is 5.10. The third kappa shape index (κ3) is 5.35. The maximum atomic E-state index is 12.3. The van der Waals surface area contributed by atoms with E-state index in [2.05, 4.69) is 15.8 Å². The number of hydrogen-bond donors (Lipinski definition) is 2. The van der Waals surface area contributed by atoms with Crippen molar-refractivity contribution in [3.8, 4) is 0 Å². The van der Waals surface area contributed by atoms with Gasteiger partial charge in [0, 0.05) is 34.5 Å². The first kappa shape index (κ1) is 20.4. The van der Waals surface area contributed by atoms with E-state index in [9.17, 15) is 19.7 Å². The zero-order chi connectivity index (χ0) is 21.5. The van der Waals surface area contributed by atoms with E-state index in [1.807, 2.05) is 19.1 Å². The van der Waals surface area contributed by atoms with Crippen molar-refractivity contribution < 1.29 is 14.5 Å². The Kier molecular flexibility index (Phi) is 6.29. The number of nitrogens with one attached hydrogen (secondary N) is 2. The van der Waals surface area contributed by atoms with Gasteiger partial charge in [0.15, 0.2) is 0 Å². The minimum atomic E-state index is -0.508. The Balaban J connectivity index is 1.64. The van der Waals surface area contributed by atoms with Crippen molar-refractivity contribution in [1.82, 2.24) is 5.43 Å². The molecule has 0 unspecified atom stereocenters. The minimum Gasteiger partial charge on any atom is -0.322 e. The highest BCUT2D eigenvalue weighted by atomic mass is 16.6. The van der Waals surface area contributed by atoms with Gasteiger partial charge in [-0.05, 0) is 37.3 Å². The van der Waals surface area contributed by atoms with Crippen molar-refractivity contribution >= 4 is 29.4 Å². The number of hydrogen-bond acceptors (Lipinski definition) is 5. The van der Waals surface area contributed by atoms with Gasteiger partial charge in [-0.25, -0.2) is 5.43 Å².